The summed E-state index contributed by atoms with van der Waals surface area (Å²) in [5, 5.41) is 5.31. The van der Waals surface area contributed by atoms with Gasteiger partial charge in [-0.25, -0.2) is 4.98 Å². The third kappa shape index (κ3) is 3.08. The van der Waals surface area contributed by atoms with E-state index in [1.54, 1.807) is 20.3 Å². The summed E-state index contributed by atoms with van der Waals surface area (Å²) in [5.74, 6) is 0.194. The van der Waals surface area contributed by atoms with Crippen molar-refractivity contribution in [3.05, 3.63) is 22.7 Å². The number of carbonyl (C=O) groups is 1. The van der Waals surface area contributed by atoms with Crippen molar-refractivity contribution in [2.24, 2.45) is 7.05 Å². The fraction of sp³-hybridized carbons (Fsp3) is 0.444. The van der Waals surface area contributed by atoms with E-state index < -0.39 is 0 Å². The van der Waals surface area contributed by atoms with Gasteiger partial charge in [-0.3, -0.25) is 9.59 Å². The molecule has 0 aromatic carbocycles. The monoisotopic (exact) mass is 210 g/mol. The van der Waals surface area contributed by atoms with Gasteiger partial charge in [0.2, 0.25) is 5.91 Å². The van der Waals surface area contributed by atoms with Crippen LogP contribution in [-0.4, -0.2) is 29.1 Å². The van der Waals surface area contributed by atoms with Crippen LogP contribution in [0.25, 0.3) is 0 Å². The molecular formula is C9H14N4O2. The molecular weight excluding hydrogens is 196 g/mol. The van der Waals surface area contributed by atoms with E-state index in [4.69, 9.17) is 0 Å². The van der Waals surface area contributed by atoms with Crippen LogP contribution in [0.3, 0.4) is 0 Å². The number of hydrogen-bond acceptors (Lipinski definition) is 4. The normalized spacial score (nSPS) is 9.73. The van der Waals surface area contributed by atoms with Crippen molar-refractivity contribution in [2.75, 3.05) is 18.9 Å². The van der Waals surface area contributed by atoms with Crippen molar-refractivity contribution in [1.29, 1.82) is 0 Å². The number of nitrogens with one attached hydrogen (secondary N) is 2. The minimum absolute atomic E-state index is 0.0738. The van der Waals surface area contributed by atoms with Gasteiger partial charge in [-0.1, -0.05) is 0 Å². The lowest BCUT2D eigenvalue weighted by atomic mass is 10.4. The lowest BCUT2D eigenvalue weighted by molar-refractivity contribution is -0.120. The van der Waals surface area contributed by atoms with Crippen LogP contribution in [0, 0.1) is 0 Å². The second kappa shape index (κ2) is 5.14. The fourth-order valence-electron chi connectivity index (χ4n) is 1.04. The van der Waals surface area contributed by atoms with E-state index in [9.17, 15) is 9.59 Å². The average molecular weight is 210 g/mol. The Labute approximate surface area is 87.3 Å². The van der Waals surface area contributed by atoms with Crippen LogP contribution in [0.2, 0.25) is 0 Å². The predicted molar refractivity (Wildman–Crippen MR) is 56.7 cm³/mol. The van der Waals surface area contributed by atoms with Gasteiger partial charge in [0, 0.05) is 39.5 Å². The van der Waals surface area contributed by atoms with Gasteiger partial charge in [0.25, 0.3) is 5.56 Å². The van der Waals surface area contributed by atoms with Crippen LogP contribution in [-0.2, 0) is 11.8 Å². The number of rotatable bonds is 4. The molecule has 1 rings (SSSR count). The number of anilines is 1. The zero-order chi connectivity index (χ0) is 11.3. The molecule has 0 aliphatic rings. The lowest BCUT2D eigenvalue weighted by Gasteiger charge is -2.04. The number of amides is 1. The van der Waals surface area contributed by atoms with Gasteiger partial charge in [-0.05, 0) is 0 Å². The molecule has 1 heterocycles. The maximum absolute atomic E-state index is 11.5. The summed E-state index contributed by atoms with van der Waals surface area (Å²) in [6.45, 7) is 0.395. The Morgan fingerprint density at radius 1 is 1.60 bits per heavy atom. The molecule has 0 saturated carbocycles. The van der Waals surface area contributed by atoms with Gasteiger partial charge in [-0.2, -0.15) is 0 Å². The van der Waals surface area contributed by atoms with Crippen LogP contribution < -0.4 is 16.2 Å². The van der Waals surface area contributed by atoms with Crippen molar-refractivity contribution in [1.82, 2.24) is 14.9 Å². The summed E-state index contributed by atoms with van der Waals surface area (Å²) in [7, 11) is 3.22. The molecule has 0 aliphatic heterocycles. The molecule has 0 radical (unpaired) electrons. The molecule has 6 nitrogen and oxygen atoms in total. The molecule has 15 heavy (non-hydrogen) atoms. The average Bonchev–Trinajstić information content (AvgIpc) is 2.24. The summed E-state index contributed by atoms with van der Waals surface area (Å²) in [6.07, 6.45) is 3.42. The zero-order valence-corrected chi connectivity index (χ0v) is 8.78. The van der Waals surface area contributed by atoms with Crippen LogP contribution >= 0.6 is 0 Å². The van der Waals surface area contributed by atoms with Crippen molar-refractivity contribution in [3.63, 3.8) is 0 Å². The Morgan fingerprint density at radius 2 is 2.33 bits per heavy atom. The lowest BCUT2D eigenvalue weighted by Crippen LogP contribution is -2.25. The Hall–Kier alpha value is -1.85. The first-order valence-corrected chi connectivity index (χ1v) is 4.61. The highest BCUT2D eigenvalue weighted by Gasteiger charge is 2.02. The van der Waals surface area contributed by atoms with Crippen LogP contribution in [0.5, 0.6) is 0 Å². The largest absolute Gasteiger partial charge is 0.365 e. The smallest absolute Gasteiger partial charge is 0.293 e. The molecule has 1 amide bonds. The molecule has 0 bridgehead atoms. The Kier molecular flexibility index (Phi) is 3.84. The van der Waals surface area contributed by atoms with E-state index in [-0.39, 0.29) is 17.3 Å². The van der Waals surface area contributed by atoms with Gasteiger partial charge in [-0.15, -0.1) is 0 Å². The third-order valence-corrected chi connectivity index (χ3v) is 1.94. The summed E-state index contributed by atoms with van der Waals surface area (Å²) in [6, 6.07) is 0. The van der Waals surface area contributed by atoms with E-state index in [0.29, 0.717) is 13.0 Å². The fourth-order valence-corrected chi connectivity index (χ4v) is 1.04. The minimum Gasteiger partial charge on any atom is -0.365 e. The molecule has 0 fully saturated rings. The maximum atomic E-state index is 11.5. The number of aromatic nitrogens is 2. The molecule has 1 aromatic rings. The number of nitrogens with zero attached hydrogens (tertiary/aromatic N) is 2. The molecule has 0 spiro atoms. The second-order valence-corrected chi connectivity index (χ2v) is 3.04. The summed E-state index contributed by atoms with van der Waals surface area (Å²) >= 11 is 0. The van der Waals surface area contributed by atoms with E-state index >= 15 is 0 Å². The van der Waals surface area contributed by atoms with Gasteiger partial charge >= 0.3 is 0 Å². The number of aryl methyl sites for hydroxylation is 1. The summed E-state index contributed by atoms with van der Waals surface area (Å²) < 4.78 is 1.43. The molecule has 0 unspecified atom stereocenters. The molecule has 0 aliphatic carbocycles. The van der Waals surface area contributed by atoms with E-state index in [1.807, 2.05) is 0 Å². The first-order chi connectivity index (χ1) is 7.15. The van der Waals surface area contributed by atoms with Gasteiger partial charge in [0.1, 0.15) is 0 Å². The van der Waals surface area contributed by atoms with Gasteiger partial charge < -0.3 is 15.2 Å². The second-order valence-electron chi connectivity index (χ2n) is 3.04. The zero-order valence-electron chi connectivity index (χ0n) is 8.78. The highest BCUT2D eigenvalue weighted by Crippen LogP contribution is 1.91. The predicted octanol–water partition coefficient (Wildman–Crippen LogP) is -0.672. The number of carbonyl (C=O) groups excluding carboxylic acids is 1. The minimum atomic E-state index is -0.200. The molecule has 1 aromatic heterocycles. The quantitative estimate of drug-likeness (QED) is 0.691. The first-order valence-electron chi connectivity index (χ1n) is 4.61. The highest BCUT2D eigenvalue weighted by molar-refractivity contribution is 5.75. The Balaban J connectivity index is 2.55. The number of hydrogen-bond donors (Lipinski definition) is 2. The van der Waals surface area contributed by atoms with E-state index in [0.717, 1.165) is 0 Å². The molecule has 2 N–H and O–H groups in total. The molecule has 82 valence electrons. The van der Waals surface area contributed by atoms with E-state index in [1.165, 1.54) is 10.8 Å². The Bertz CT molecular complexity index is 399. The molecule has 0 atom stereocenters. The highest BCUT2D eigenvalue weighted by atomic mass is 16.1. The summed E-state index contributed by atoms with van der Waals surface area (Å²) in [4.78, 5) is 26.2. The van der Waals surface area contributed by atoms with Crippen LogP contribution in [0.15, 0.2) is 17.2 Å². The van der Waals surface area contributed by atoms with Crippen molar-refractivity contribution >= 4 is 11.7 Å². The van der Waals surface area contributed by atoms with Crippen molar-refractivity contribution in [2.45, 2.75) is 6.42 Å². The van der Waals surface area contributed by atoms with Crippen LogP contribution in [0.1, 0.15) is 6.42 Å². The van der Waals surface area contributed by atoms with E-state index in [2.05, 4.69) is 15.6 Å². The Morgan fingerprint density at radius 3 is 3.00 bits per heavy atom. The SMILES string of the molecule is CNC(=O)CCNc1nccn(C)c1=O. The third-order valence-electron chi connectivity index (χ3n) is 1.94. The maximum Gasteiger partial charge on any atom is 0.293 e. The van der Waals surface area contributed by atoms with Gasteiger partial charge in [0.05, 0.1) is 0 Å². The van der Waals surface area contributed by atoms with Crippen molar-refractivity contribution < 1.29 is 4.79 Å². The van der Waals surface area contributed by atoms with Crippen LogP contribution in [0.4, 0.5) is 5.82 Å². The van der Waals surface area contributed by atoms with Crippen molar-refractivity contribution in [3.8, 4) is 0 Å². The topological polar surface area (TPSA) is 76.0 Å². The molecule has 0 saturated heterocycles. The van der Waals surface area contributed by atoms with Gasteiger partial charge in [0.15, 0.2) is 5.82 Å². The summed E-state index contributed by atoms with van der Waals surface area (Å²) in [5.41, 5.74) is -0.200. The molecule has 6 heteroatoms. The first kappa shape index (κ1) is 11.2. The standard InChI is InChI=1S/C9H14N4O2/c1-10-7(14)3-4-11-8-9(15)13(2)6-5-12-8/h5-6H,3-4H2,1-2H3,(H,10,14)(H,11,12).